The third-order valence-corrected chi connectivity index (χ3v) is 6.91. The van der Waals surface area contributed by atoms with Crippen LogP contribution in [0.25, 0.3) is 0 Å². The number of para-hydroxylation sites is 1. The van der Waals surface area contributed by atoms with Gasteiger partial charge in [0.2, 0.25) is 10.0 Å². The zero-order valence-electron chi connectivity index (χ0n) is 30.4. The molecule has 17 heteroatoms. The van der Waals surface area contributed by atoms with Crippen LogP contribution >= 0.6 is 0 Å². The number of nitrogens with one attached hydrogen (secondary N) is 5. The molecule has 4 aromatic rings. The average Bonchev–Trinajstić information content (AvgIpc) is 3.03. The van der Waals surface area contributed by atoms with Crippen LogP contribution in [-0.4, -0.2) is 49.9 Å². The Kier molecular flexibility index (Phi) is 13.8. The molecular formula is C37H40F3N5O8S. The van der Waals surface area contributed by atoms with Crippen molar-refractivity contribution in [3.05, 3.63) is 114 Å². The van der Waals surface area contributed by atoms with Gasteiger partial charge in [-0.15, -0.1) is 0 Å². The van der Waals surface area contributed by atoms with Crippen LogP contribution in [0, 0.1) is 17.5 Å². The standard InChI is InChI=1S/C19H23N3O5S.C18H17F3N2O3/c1-19(2,3)27-18(24)21-14-11-9-13(10-12-14)20-17(23)15-7-5-6-8-16(15)22-28(4,25)26;1-18(2,3)26-17(25)23-11-6-4-10(5-7-11)22-16(24)12-8-9-13(19)15(21)14(12)20/h5-12,22H,1-4H3,(H,20,23)(H,21,24);4-9H,1-3H3,(H,22,24)(H,23,25). The lowest BCUT2D eigenvalue weighted by Crippen LogP contribution is -2.27. The summed E-state index contributed by atoms with van der Waals surface area (Å²) in [4.78, 5) is 47.9. The Morgan fingerprint density at radius 2 is 0.926 bits per heavy atom. The third-order valence-electron chi connectivity index (χ3n) is 6.32. The molecule has 0 spiro atoms. The normalized spacial score (nSPS) is 11.2. The number of hydrogen-bond donors (Lipinski definition) is 5. The van der Waals surface area contributed by atoms with Gasteiger partial charge in [-0.1, -0.05) is 12.1 Å². The first-order chi connectivity index (χ1) is 25.0. The molecule has 0 aromatic heterocycles. The Balaban J connectivity index is 0.000000291. The van der Waals surface area contributed by atoms with Crippen molar-refractivity contribution < 1.29 is 50.2 Å². The molecule has 288 valence electrons. The lowest BCUT2D eigenvalue weighted by molar-refractivity contribution is 0.0624. The molecule has 13 nitrogen and oxygen atoms in total. The Morgan fingerprint density at radius 1 is 0.537 bits per heavy atom. The second-order valence-corrected chi connectivity index (χ2v) is 15.2. The second kappa shape index (κ2) is 17.6. The molecule has 0 heterocycles. The number of hydrogen-bond acceptors (Lipinski definition) is 8. The summed E-state index contributed by atoms with van der Waals surface area (Å²) >= 11 is 0. The van der Waals surface area contributed by atoms with Crippen LogP contribution in [0.1, 0.15) is 62.3 Å². The van der Waals surface area contributed by atoms with Gasteiger partial charge in [-0.2, -0.15) is 0 Å². The van der Waals surface area contributed by atoms with E-state index in [4.69, 9.17) is 9.47 Å². The molecule has 5 N–H and O–H groups in total. The Morgan fingerprint density at radius 3 is 1.33 bits per heavy atom. The number of carbonyl (C=O) groups excluding carboxylic acids is 4. The van der Waals surface area contributed by atoms with Crippen LogP contribution < -0.4 is 26.0 Å². The second-order valence-electron chi connectivity index (χ2n) is 13.5. The fourth-order valence-corrected chi connectivity index (χ4v) is 4.76. The summed E-state index contributed by atoms with van der Waals surface area (Å²) in [6.45, 7) is 10.5. The van der Waals surface area contributed by atoms with Crippen LogP contribution in [0.5, 0.6) is 0 Å². The summed E-state index contributed by atoms with van der Waals surface area (Å²) in [6.07, 6.45) is -0.207. The van der Waals surface area contributed by atoms with E-state index < -0.39 is 68.2 Å². The van der Waals surface area contributed by atoms with Gasteiger partial charge in [-0.3, -0.25) is 24.9 Å². The number of ether oxygens (including phenoxy) is 2. The SMILES string of the molecule is CC(C)(C)OC(=O)Nc1ccc(NC(=O)c2ccc(F)c(F)c2F)cc1.CC(C)(C)OC(=O)Nc1ccc(NC(=O)c2ccccc2NS(C)(=O)=O)cc1. The monoisotopic (exact) mass is 771 g/mol. The fourth-order valence-electron chi connectivity index (χ4n) is 4.18. The summed E-state index contributed by atoms with van der Waals surface area (Å²) in [5, 5.41) is 10.1. The predicted octanol–water partition coefficient (Wildman–Crippen LogP) is 8.36. The Bertz CT molecular complexity index is 2100. The van der Waals surface area contributed by atoms with E-state index in [1.54, 1.807) is 77.9 Å². The number of carbonyl (C=O) groups is 4. The largest absolute Gasteiger partial charge is 0.444 e. The predicted molar refractivity (Wildman–Crippen MR) is 200 cm³/mol. The van der Waals surface area contributed by atoms with Gasteiger partial charge in [0, 0.05) is 22.7 Å². The molecule has 4 aromatic carbocycles. The van der Waals surface area contributed by atoms with Gasteiger partial charge in [0.1, 0.15) is 11.2 Å². The highest BCUT2D eigenvalue weighted by atomic mass is 32.2. The number of amides is 4. The Labute approximate surface area is 310 Å². The van der Waals surface area contributed by atoms with Gasteiger partial charge >= 0.3 is 12.2 Å². The molecule has 0 radical (unpaired) electrons. The average molecular weight is 772 g/mol. The number of sulfonamides is 1. The molecule has 0 saturated carbocycles. The summed E-state index contributed by atoms with van der Waals surface area (Å²) in [5.41, 5.74) is 0.164. The first-order valence-electron chi connectivity index (χ1n) is 16.0. The highest BCUT2D eigenvalue weighted by Gasteiger charge is 2.20. The van der Waals surface area contributed by atoms with E-state index in [1.807, 2.05) is 0 Å². The molecule has 0 fully saturated rings. The minimum Gasteiger partial charge on any atom is -0.444 e. The van der Waals surface area contributed by atoms with Crippen molar-refractivity contribution in [2.24, 2.45) is 0 Å². The van der Waals surface area contributed by atoms with Crippen molar-refractivity contribution in [1.29, 1.82) is 0 Å². The van der Waals surface area contributed by atoms with Crippen LogP contribution in [0.3, 0.4) is 0 Å². The van der Waals surface area contributed by atoms with Crippen molar-refractivity contribution in [3.8, 4) is 0 Å². The topological polar surface area (TPSA) is 181 Å². The van der Waals surface area contributed by atoms with E-state index in [-0.39, 0.29) is 16.9 Å². The third kappa shape index (κ3) is 14.1. The molecular weight excluding hydrogens is 731 g/mol. The quantitative estimate of drug-likeness (QED) is 0.111. The van der Waals surface area contributed by atoms with E-state index >= 15 is 0 Å². The van der Waals surface area contributed by atoms with Gasteiger partial charge in [0.05, 0.1) is 23.1 Å². The molecule has 0 unspecified atom stereocenters. The highest BCUT2D eigenvalue weighted by molar-refractivity contribution is 7.92. The maximum absolute atomic E-state index is 13.6. The molecule has 0 bridgehead atoms. The van der Waals surface area contributed by atoms with E-state index in [2.05, 4.69) is 26.0 Å². The molecule has 0 saturated heterocycles. The molecule has 0 aliphatic heterocycles. The van der Waals surface area contributed by atoms with Gasteiger partial charge < -0.3 is 20.1 Å². The van der Waals surface area contributed by atoms with Crippen molar-refractivity contribution in [1.82, 2.24) is 0 Å². The van der Waals surface area contributed by atoms with E-state index in [0.29, 0.717) is 23.1 Å². The summed E-state index contributed by atoms with van der Waals surface area (Å²) in [5.74, 6) is -6.06. The van der Waals surface area contributed by atoms with Crippen molar-refractivity contribution >= 4 is 62.5 Å². The highest BCUT2D eigenvalue weighted by Crippen LogP contribution is 2.22. The Hall–Kier alpha value is -6.10. The van der Waals surface area contributed by atoms with Crippen molar-refractivity contribution in [2.45, 2.75) is 52.7 Å². The van der Waals surface area contributed by atoms with E-state index in [9.17, 15) is 40.8 Å². The summed E-state index contributed by atoms with van der Waals surface area (Å²) in [7, 11) is -3.52. The van der Waals surface area contributed by atoms with Gasteiger partial charge in [-0.25, -0.2) is 31.2 Å². The van der Waals surface area contributed by atoms with Crippen molar-refractivity contribution in [2.75, 3.05) is 32.2 Å². The molecule has 4 rings (SSSR count). The maximum atomic E-state index is 13.6. The van der Waals surface area contributed by atoms with Crippen molar-refractivity contribution in [3.63, 3.8) is 0 Å². The fraction of sp³-hybridized carbons (Fsp3) is 0.243. The van der Waals surface area contributed by atoms with Gasteiger partial charge in [0.25, 0.3) is 11.8 Å². The zero-order chi connectivity index (χ0) is 40.4. The minimum absolute atomic E-state index is 0.184. The lowest BCUT2D eigenvalue weighted by Gasteiger charge is -2.19. The molecule has 0 atom stereocenters. The number of benzene rings is 4. The van der Waals surface area contributed by atoms with Crippen LogP contribution in [0.2, 0.25) is 0 Å². The molecule has 0 aliphatic carbocycles. The van der Waals surface area contributed by atoms with Gasteiger partial charge in [-0.05, 0) is 114 Å². The van der Waals surface area contributed by atoms with E-state index in [1.165, 1.54) is 36.4 Å². The van der Waals surface area contributed by atoms with Crippen LogP contribution in [-0.2, 0) is 19.5 Å². The maximum Gasteiger partial charge on any atom is 0.412 e. The summed E-state index contributed by atoms with van der Waals surface area (Å²) < 4.78 is 75.2. The first-order valence-corrected chi connectivity index (χ1v) is 17.9. The number of rotatable bonds is 8. The molecule has 54 heavy (non-hydrogen) atoms. The zero-order valence-corrected chi connectivity index (χ0v) is 31.2. The lowest BCUT2D eigenvalue weighted by atomic mass is 10.1. The number of halogens is 3. The molecule has 0 aliphatic rings. The van der Waals surface area contributed by atoms with Gasteiger partial charge in [0.15, 0.2) is 17.5 Å². The van der Waals surface area contributed by atoms with E-state index in [0.717, 1.165) is 12.3 Å². The summed E-state index contributed by atoms with van der Waals surface area (Å²) in [6, 6.07) is 20.1. The van der Waals surface area contributed by atoms with Crippen LogP contribution in [0.4, 0.5) is 51.2 Å². The first kappa shape index (κ1) is 42.3. The molecule has 4 amide bonds. The smallest absolute Gasteiger partial charge is 0.412 e. The minimum atomic E-state index is -3.52. The number of anilines is 5. The van der Waals surface area contributed by atoms with Crippen LogP contribution in [0.15, 0.2) is 84.9 Å².